The predicted octanol–water partition coefficient (Wildman–Crippen LogP) is 4.02. The van der Waals surface area contributed by atoms with Gasteiger partial charge < -0.3 is 4.90 Å². The maximum atomic E-state index is 13.3. The molecule has 0 amide bonds. The van der Waals surface area contributed by atoms with E-state index in [4.69, 9.17) is 9.97 Å². The molecular weight excluding hydrogens is 427 g/mol. The maximum Gasteiger partial charge on any atom is 0.243 e. The van der Waals surface area contributed by atoms with Crippen LogP contribution in [0.2, 0.25) is 0 Å². The molecule has 1 saturated heterocycles. The van der Waals surface area contributed by atoms with Crippen molar-refractivity contribution in [3.8, 4) is 11.4 Å². The molecule has 0 bridgehead atoms. The zero-order valence-electron chi connectivity index (χ0n) is 17.7. The van der Waals surface area contributed by atoms with E-state index < -0.39 is 15.8 Å². The van der Waals surface area contributed by atoms with Crippen molar-refractivity contribution in [3.63, 3.8) is 0 Å². The number of aromatic nitrogens is 2. The lowest BCUT2D eigenvalue weighted by Crippen LogP contribution is -2.39. The Hall–Kier alpha value is -2.84. The second-order valence-electron chi connectivity index (χ2n) is 8.25. The molecule has 0 aliphatic carbocycles. The summed E-state index contributed by atoms with van der Waals surface area (Å²) >= 11 is 0. The first-order chi connectivity index (χ1) is 15.5. The fourth-order valence-electron chi connectivity index (χ4n) is 4.42. The lowest BCUT2D eigenvalue weighted by Gasteiger charge is -2.34. The van der Waals surface area contributed by atoms with Crippen molar-refractivity contribution in [3.05, 3.63) is 71.7 Å². The van der Waals surface area contributed by atoms with Crippen LogP contribution in [-0.4, -0.2) is 42.3 Å². The van der Waals surface area contributed by atoms with Gasteiger partial charge in [0.25, 0.3) is 0 Å². The smallest absolute Gasteiger partial charge is 0.243 e. The molecule has 6 nitrogen and oxygen atoms in total. The van der Waals surface area contributed by atoms with Crippen LogP contribution in [-0.2, 0) is 23.0 Å². The average molecular weight is 453 g/mol. The summed E-state index contributed by atoms with van der Waals surface area (Å²) in [6.07, 6.45) is 3.90. The molecule has 2 aliphatic heterocycles. The third-order valence-corrected chi connectivity index (χ3v) is 8.00. The second-order valence-corrected chi connectivity index (χ2v) is 10.2. The maximum absolute atomic E-state index is 13.3. The van der Waals surface area contributed by atoms with Crippen molar-refractivity contribution in [2.75, 3.05) is 24.5 Å². The zero-order valence-corrected chi connectivity index (χ0v) is 18.6. The standard InChI is InChI=1S/C24H25FN4O2S/c25-19-9-11-20(12-10-19)32(30,31)29-16-13-22-21(17-29)24(28-14-5-2-6-15-28)27-23(26-22)18-7-3-1-4-8-18/h1,3-4,7-12H,2,5-6,13-17H2. The van der Waals surface area contributed by atoms with Gasteiger partial charge in [-0.15, -0.1) is 0 Å². The molecule has 32 heavy (non-hydrogen) atoms. The van der Waals surface area contributed by atoms with Gasteiger partial charge in [-0.2, -0.15) is 4.31 Å². The molecule has 8 heteroatoms. The van der Waals surface area contributed by atoms with Crippen LogP contribution in [0.1, 0.15) is 30.5 Å². The summed E-state index contributed by atoms with van der Waals surface area (Å²) in [4.78, 5) is 12.1. The van der Waals surface area contributed by atoms with Crippen LogP contribution in [0.5, 0.6) is 0 Å². The Labute approximate surface area is 187 Å². The van der Waals surface area contributed by atoms with Gasteiger partial charge in [-0.3, -0.25) is 0 Å². The van der Waals surface area contributed by atoms with Crippen LogP contribution >= 0.6 is 0 Å². The van der Waals surface area contributed by atoms with E-state index in [1.54, 1.807) is 0 Å². The summed E-state index contributed by atoms with van der Waals surface area (Å²) < 4.78 is 41.2. The van der Waals surface area contributed by atoms with Crippen molar-refractivity contribution in [2.45, 2.75) is 37.1 Å². The largest absolute Gasteiger partial charge is 0.356 e. The quantitative estimate of drug-likeness (QED) is 0.598. The Bertz CT molecular complexity index is 1210. The van der Waals surface area contributed by atoms with Crippen LogP contribution in [0.3, 0.4) is 0 Å². The summed E-state index contributed by atoms with van der Waals surface area (Å²) in [6.45, 7) is 2.36. The van der Waals surface area contributed by atoms with Gasteiger partial charge in [0.1, 0.15) is 11.6 Å². The number of hydrogen-bond acceptors (Lipinski definition) is 5. The number of hydrogen-bond donors (Lipinski definition) is 0. The molecule has 2 aliphatic rings. The van der Waals surface area contributed by atoms with Crippen molar-refractivity contribution in [2.24, 2.45) is 0 Å². The van der Waals surface area contributed by atoms with Gasteiger partial charge in [-0.25, -0.2) is 22.8 Å². The van der Waals surface area contributed by atoms with Crippen LogP contribution in [0, 0.1) is 5.82 Å². The van der Waals surface area contributed by atoms with Gasteiger partial charge in [0.15, 0.2) is 5.82 Å². The minimum atomic E-state index is -3.74. The molecule has 0 spiro atoms. The van der Waals surface area contributed by atoms with Gasteiger partial charge in [0, 0.05) is 43.7 Å². The number of sulfonamides is 1. The van der Waals surface area contributed by atoms with E-state index in [1.165, 1.54) is 35.0 Å². The summed E-state index contributed by atoms with van der Waals surface area (Å²) in [5.74, 6) is 1.06. The van der Waals surface area contributed by atoms with Gasteiger partial charge in [-0.1, -0.05) is 30.3 Å². The Morgan fingerprint density at radius 2 is 1.56 bits per heavy atom. The van der Waals surface area contributed by atoms with Gasteiger partial charge in [0.05, 0.1) is 10.6 Å². The molecule has 3 aromatic rings. The number of anilines is 1. The van der Waals surface area contributed by atoms with Crippen molar-refractivity contribution < 1.29 is 12.8 Å². The molecule has 0 atom stereocenters. The van der Waals surface area contributed by atoms with Crippen molar-refractivity contribution >= 4 is 15.8 Å². The van der Waals surface area contributed by atoms with Crippen molar-refractivity contribution in [1.29, 1.82) is 0 Å². The first kappa shape index (κ1) is 21.0. The Morgan fingerprint density at radius 3 is 2.28 bits per heavy atom. The predicted molar refractivity (Wildman–Crippen MR) is 121 cm³/mol. The number of piperidine rings is 1. The Kier molecular flexibility index (Phi) is 5.65. The van der Waals surface area contributed by atoms with Crippen LogP contribution in [0.25, 0.3) is 11.4 Å². The number of benzene rings is 2. The fourth-order valence-corrected chi connectivity index (χ4v) is 5.83. The highest BCUT2D eigenvalue weighted by Gasteiger charge is 2.32. The molecule has 0 N–H and O–H groups in total. The monoisotopic (exact) mass is 452 g/mol. The van der Waals surface area contributed by atoms with Gasteiger partial charge in [-0.05, 0) is 43.5 Å². The fraction of sp³-hybridized carbons (Fsp3) is 0.333. The summed E-state index contributed by atoms with van der Waals surface area (Å²) in [5, 5.41) is 0. The van der Waals surface area contributed by atoms with Crippen LogP contribution in [0.4, 0.5) is 10.2 Å². The van der Waals surface area contributed by atoms with E-state index in [-0.39, 0.29) is 11.4 Å². The molecule has 1 fully saturated rings. The van der Waals surface area contributed by atoms with E-state index in [9.17, 15) is 12.8 Å². The molecule has 1 aromatic heterocycles. The molecule has 0 radical (unpaired) electrons. The van der Waals surface area contributed by atoms with Crippen molar-refractivity contribution in [1.82, 2.24) is 14.3 Å². The minimum Gasteiger partial charge on any atom is -0.356 e. The first-order valence-corrected chi connectivity index (χ1v) is 12.4. The highest BCUT2D eigenvalue weighted by atomic mass is 32.2. The molecule has 0 saturated carbocycles. The van der Waals surface area contributed by atoms with Crippen LogP contribution in [0.15, 0.2) is 59.5 Å². The normalized spacial score (nSPS) is 17.2. The minimum absolute atomic E-state index is 0.101. The average Bonchev–Trinajstić information content (AvgIpc) is 2.84. The summed E-state index contributed by atoms with van der Waals surface area (Å²) in [5.41, 5.74) is 2.74. The third kappa shape index (κ3) is 4.00. The van der Waals surface area contributed by atoms with Crippen LogP contribution < -0.4 is 4.90 Å². The SMILES string of the molecule is O=S(=O)(c1ccc(F)cc1)N1CCc2nc(-c3ccccc3)nc(N3CCCCC3)c2C1. The molecule has 2 aromatic carbocycles. The van der Waals surface area contributed by atoms with E-state index >= 15 is 0 Å². The summed E-state index contributed by atoms with van der Waals surface area (Å²) in [6, 6.07) is 14.9. The number of fused-ring (bicyclic) bond motifs is 1. The third-order valence-electron chi connectivity index (χ3n) is 6.14. The van der Waals surface area contributed by atoms with E-state index in [0.717, 1.165) is 48.6 Å². The topological polar surface area (TPSA) is 66.4 Å². The lowest BCUT2D eigenvalue weighted by molar-refractivity contribution is 0.386. The highest BCUT2D eigenvalue weighted by Crippen LogP contribution is 2.33. The van der Waals surface area contributed by atoms with Gasteiger partial charge in [0.2, 0.25) is 10.0 Å². The van der Waals surface area contributed by atoms with E-state index in [2.05, 4.69) is 4.90 Å². The van der Waals surface area contributed by atoms with E-state index in [1.807, 2.05) is 30.3 Å². The number of rotatable bonds is 4. The molecule has 166 valence electrons. The van der Waals surface area contributed by atoms with Gasteiger partial charge >= 0.3 is 0 Å². The molecule has 5 rings (SSSR count). The number of nitrogens with zero attached hydrogens (tertiary/aromatic N) is 4. The zero-order chi connectivity index (χ0) is 22.1. The first-order valence-electron chi connectivity index (χ1n) is 11.0. The Morgan fingerprint density at radius 1 is 0.844 bits per heavy atom. The molecule has 0 unspecified atom stereocenters. The second kappa shape index (κ2) is 8.60. The molecular formula is C24H25FN4O2S. The summed E-state index contributed by atoms with van der Waals surface area (Å²) in [7, 11) is -3.74. The molecule has 3 heterocycles. The number of halogens is 1. The Balaban J connectivity index is 1.55. The highest BCUT2D eigenvalue weighted by molar-refractivity contribution is 7.89. The lowest BCUT2D eigenvalue weighted by atomic mass is 10.0. The van der Waals surface area contributed by atoms with E-state index in [0.29, 0.717) is 18.8 Å².